The van der Waals surface area contributed by atoms with Gasteiger partial charge in [0.2, 0.25) is 0 Å². The number of benzene rings is 1. The summed E-state index contributed by atoms with van der Waals surface area (Å²) in [4.78, 5) is 0. The fourth-order valence-corrected chi connectivity index (χ4v) is 3.40. The maximum absolute atomic E-state index is 5.73. The molecule has 0 aliphatic carbocycles. The van der Waals surface area contributed by atoms with Gasteiger partial charge in [-0.15, -0.1) is 6.58 Å². The van der Waals surface area contributed by atoms with Crippen molar-refractivity contribution in [2.45, 2.75) is 96.3 Å². The van der Waals surface area contributed by atoms with Crippen molar-refractivity contribution in [3.63, 3.8) is 0 Å². The first kappa shape index (κ1) is 24.8. The number of hydrogen-bond donors (Lipinski definition) is 0. The van der Waals surface area contributed by atoms with Crippen LogP contribution in [0, 0.1) is 0 Å². The first-order valence-electron chi connectivity index (χ1n) is 11.8. The number of rotatable bonds is 21. The Hall–Kier alpha value is -1.28. The van der Waals surface area contributed by atoms with Crippen LogP contribution in [0.2, 0.25) is 0 Å². The molecule has 0 atom stereocenters. The summed E-state index contributed by atoms with van der Waals surface area (Å²) in [6.07, 6.45) is 21.9. The second kappa shape index (κ2) is 20.5. The minimum atomic E-state index is 0.839. The van der Waals surface area contributed by atoms with Crippen molar-refractivity contribution in [3.05, 3.63) is 43.0 Å². The summed E-state index contributed by atoms with van der Waals surface area (Å²) in [7, 11) is 0. The van der Waals surface area contributed by atoms with Gasteiger partial charge in [-0.05, 0) is 31.4 Å². The summed E-state index contributed by atoms with van der Waals surface area (Å²) >= 11 is 0. The van der Waals surface area contributed by atoms with Crippen molar-refractivity contribution >= 4 is 0 Å². The number of ether oxygens (including phenoxy) is 2. The lowest BCUT2D eigenvalue weighted by Crippen LogP contribution is -1.96. The first-order valence-corrected chi connectivity index (χ1v) is 11.8. The third-order valence-corrected chi connectivity index (χ3v) is 5.16. The lowest BCUT2D eigenvalue weighted by Gasteiger charge is -2.06. The van der Waals surface area contributed by atoms with E-state index in [1.165, 1.54) is 89.9 Å². The van der Waals surface area contributed by atoms with E-state index < -0.39 is 0 Å². The van der Waals surface area contributed by atoms with Gasteiger partial charge < -0.3 is 9.47 Å². The molecule has 0 N–H and O–H groups in total. The Bertz CT molecular complexity index is 429. The van der Waals surface area contributed by atoms with E-state index >= 15 is 0 Å². The van der Waals surface area contributed by atoms with Crippen LogP contribution in [0.1, 0.15) is 96.3 Å². The van der Waals surface area contributed by atoms with Crippen molar-refractivity contribution in [1.82, 2.24) is 0 Å². The zero-order chi connectivity index (χ0) is 20.0. The minimum absolute atomic E-state index is 0.839. The van der Waals surface area contributed by atoms with E-state index in [1.807, 2.05) is 36.4 Å². The van der Waals surface area contributed by atoms with Crippen LogP contribution in [0.4, 0.5) is 0 Å². The third-order valence-electron chi connectivity index (χ3n) is 5.16. The van der Waals surface area contributed by atoms with E-state index in [0.717, 1.165) is 32.0 Å². The molecule has 0 amide bonds. The first-order chi connectivity index (χ1) is 13.9. The molecule has 0 aliphatic rings. The highest BCUT2D eigenvalue weighted by Gasteiger charge is 1.96. The molecule has 0 saturated heterocycles. The van der Waals surface area contributed by atoms with Crippen LogP contribution in [0.5, 0.6) is 5.75 Å². The Morgan fingerprint density at radius 3 is 1.54 bits per heavy atom. The molecule has 0 spiro atoms. The Morgan fingerprint density at radius 1 is 0.571 bits per heavy atom. The highest BCUT2D eigenvalue weighted by molar-refractivity contribution is 5.20. The van der Waals surface area contributed by atoms with Crippen LogP contribution >= 0.6 is 0 Å². The molecule has 2 heteroatoms. The second-order valence-corrected chi connectivity index (χ2v) is 7.80. The molecule has 0 aliphatic heterocycles. The van der Waals surface area contributed by atoms with Gasteiger partial charge in [0.05, 0.1) is 6.61 Å². The van der Waals surface area contributed by atoms with Gasteiger partial charge in [0.25, 0.3) is 0 Å². The second-order valence-electron chi connectivity index (χ2n) is 7.80. The zero-order valence-electron chi connectivity index (χ0n) is 18.2. The van der Waals surface area contributed by atoms with E-state index in [4.69, 9.17) is 9.47 Å². The lowest BCUT2D eigenvalue weighted by atomic mass is 10.0. The van der Waals surface area contributed by atoms with Crippen molar-refractivity contribution in [1.29, 1.82) is 0 Å². The van der Waals surface area contributed by atoms with E-state index in [9.17, 15) is 0 Å². The molecule has 1 aromatic rings. The van der Waals surface area contributed by atoms with Crippen LogP contribution < -0.4 is 4.74 Å². The molecule has 0 unspecified atom stereocenters. The average Bonchev–Trinajstić information content (AvgIpc) is 2.73. The predicted octanol–water partition coefficient (Wildman–Crippen LogP) is 8.12. The average molecular weight is 389 g/mol. The third kappa shape index (κ3) is 16.9. The Balaban J connectivity index is 1.67. The molecule has 1 aromatic carbocycles. The minimum Gasteiger partial charge on any atom is -0.494 e. The highest BCUT2D eigenvalue weighted by atomic mass is 16.5. The summed E-state index contributed by atoms with van der Waals surface area (Å²) < 4.78 is 11.3. The quantitative estimate of drug-likeness (QED) is 0.156. The molecule has 0 fully saturated rings. The van der Waals surface area contributed by atoms with Crippen LogP contribution in [0.3, 0.4) is 0 Å². The van der Waals surface area contributed by atoms with Crippen molar-refractivity contribution < 1.29 is 9.47 Å². The molecule has 160 valence electrons. The van der Waals surface area contributed by atoms with Crippen molar-refractivity contribution in [2.75, 3.05) is 19.8 Å². The Labute approximate surface area is 174 Å². The molecule has 0 saturated carbocycles. The van der Waals surface area contributed by atoms with Crippen molar-refractivity contribution in [3.8, 4) is 5.75 Å². The van der Waals surface area contributed by atoms with Gasteiger partial charge in [-0.1, -0.05) is 101 Å². The van der Waals surface area contributed by atoms with E-state index in [2.05, 4.69) is 6.58 Å². The Kier molecular flexibility index (Phi) is 18.1. The van der Waals surface area contributed by atoms with Gasteiger partial charge in [0, 0.05) is 13.2 Å². The molecule has 0 radical (unpaired) electrons. The fourth-order valence-electron chi connectivity index (χ4n) is 3.40. The summed E-state index contributed by atoms with van der Waals surface area (Å²) in [5.74, 6) is 0.996. The molecular formula is C26H44O2. The van der Waals surface area contributed by atoms with E-state index in [-0.39, 0.29) is 0 Å². The maximum Gasteiger partial charge on any atom is 0.119 e. The molecule has 0 bridgehead atoms. The summed E-state index contributed by atoms with van der Waals surface area (Å²) in [5.41, 5.74) is 0. The Morgan fingerprint density at radius 2 is 1.04 bits per heavy atom. The summed E-state index contributed by atoms with van der Waals surface area (Å²) in [6.45, 7) is 6.32. The van der Waals surface area contributed by atoms with E-state index in [0.29, 0.717) is 0 Å². The molecule has 2 nitrogen and oxygen atoms in total. The highest BCUT2D eigenvalue weighted by Crippen LogP contribution is 2.14. The standard InChI is InChI=1S/C26H44O2/c1-2-3-23-27-24-19-14-12-10-8-6-4-5-7-9-11-13-15-20-25-28-26-21-17-16-18-22-26/h2,16-18,21-22H,1,3-15,19-20,23-25H2. The van der Waals surface area contributed by atoms with Gasteiger partial charge >= 0.3 is 0 Å². The summed E-state index contributed by atoms with van der Waals surface area (Å²) in [5, 5.41) is 0. The zero-order valence-corrected chi connectivity index (χ0v) is 18.2. The molecule has 28 heavy (non-hydrogen) atoms. The maximum atomic E-state index is 5.73. The monoisotopic (exact) mass is 388 g/mol. The molecule has 0 aromatic heterocycles. The number of hydrogen-bond acceptors (Lipinski definition) is 2. The number of unbranched alkanes of at least 4 members (excludes halogenated alkanes) is 13. The molecule has 1 rings (SSSR count). The largest absolute Gasteiger partial charge is 0.494 e. The normalized spacial score (nSPS) is 10.9. The van der Waals surface area contributed by atoms with Gasteiger partial charge in [0.1, 0.15) is 5.75 Å². The van der Waals surface area contributed by atoms with Gasteiger partial charge in [-0.2, -0.15) is 0 Å². The van der Waals surface area contributed by atoms with E-state index in [1.54, 1.807) is 0 Å². The lowest BCUT2D eigenvalue weighted by molar-refractivity contribution is 0.134. The van der Waals surface area contributed by atoms with Crippen LogP contribution in [0.25, 0.3) is 0 Å². The fraction of sp³-hybridized carbons (Fsp3) is 0.692. The van der Waals surface area contributed by atoms with Crippen molar-refractivity contribution in [2.24, 2.45) is 0 Å². The summed E-state index contributed by atoms with van der Waals surface area (Å²) in [6, 6.07) is 10.1. The van der Waals surface area contributed by atoms with Gasteiger partial charge in [0.15, 0.2) is 0 Å². The molecular weight excluding hydrogens is 344 g/mol. The predicted molar refractivity (Wildman–Crippen MR) is 122 cm³/mol. The topological polar surface area (TPSA) is 18.5 Å². The van der Waals surface area contributed by atoms with Crippen LogP contribution in [0.15, 0.2) is 43.0 Å². The van der Waals surface area contributed by atoms with Crippen LogP contribution in [-0.2, 0) is 4.74 Å². The van der Waals surface area contributed by atoms with Gasteiger partial charge in [-0.25, -0.2) is 0 Å². The van der Waals surface area contributed by atoms with Crippen LogP contribution in [-0.4, -0.2) is 19.8 Å². The molecule has 0 heterocycles. The number of para-hydroxylation sites is 1. The van der Waals surface area contributed by atoms with Gasteiger partial charge in [-0.3, -0.25) is 0 Å². The smallest absolute Gasteiger partial charge is 0.119 e. The SMILES string of the molecule is C=CCCOCCCCCCCCCCCCCCCCOc1ccccc1.